The first-order valence-electron chi connectivity index (χ1n) is 11.5. The molecule has 1 aliphatic carbocycles. The molecule has 0 bridgehead atoms. The number of aromatic nitrogens is 1. The standard InChI is InChI=1S/C27H7Cl5F4N2O4/c1-5-4-7(28)22-6(23(5)38-26(41)12-13(27(38)42)19(34)21(36)20(35)18(12)33)2-3-8(37-22)9-24(39)10-11(25(9)40)15(30)17(32)16(31)14(10)29/h2-4,9H,1H3. The fourth-order valence-electron chi connectivity index (χ4n) is 5.17. The van der Waals surface area contributed by atoms with Crippen LogP contribution in [0.2, 0.25) is 25.1 Å². The Morgan fingerprint density at radius 3 is 1.64 bits per heavy atom. The third kappa shape index (κ3) is 3.62. The summed E-state index contributed by atoms with van der Waals surface area (Å²) in [5.41, 5.74) is -3.44. The Balaban J connectivity index is 1.53. The largest absolute Gasteiger partial charge is 0.293 e. The second kappa shape index (κ2) is 9.62. The average molecular weight is 677 g/mol. The monoisotopic (exact) mass is 674 g/mol. The fraction of sp³-hybridized carbons (Fsp3) is 0.0741. The van der Waals surface area contributed by atoms with Gasteiger partial charge in [-0.15, -0.1) is 0 Å². The molecular weight excluding hydrogens is 670 g/mol. The van der Waals surface area contributed by atoms with Gasteiger partial charge in [0.05, 0.1) is 64.3 Å². The average Bonchev–Trinajstić information content (AvgIpc) is 3.36. The van der Waals surface area contributed by atoms with E-state index in [1.54, 1.807) is 0 Å². The summed E-state index contributed by atoms with van der Waals surface area (Å²) >= 11 is 31.0. The van der Waals surface area contributed by atoms with E-state index in [-0.39, 0.29) is 64.1 Å². The second-order valence-electron chi connectivity index (χ2n) is 9.28. The van der Waals surface area contributed by atoms with Crippen molar-refractivity contribution < 1.29 is 36.7 Å². The summed E-state index contributed by atoms with van der Waals surface area (Å²) in [4.78, 5) is 57.7. The van der Waals surface area contributed by atoms with Gasteiger partial charge in [0.25, 0.3) is 11.8 Å². The third-order valence-corrected chi connectivity index (χ3v) is 9.11. The Morgan fingerprint density at radius 1 is 0.690 bits per heavy atom. The van der Waals surface area contributed by atoms with Gasteiger partial charge in [-0.05, 0) is 30.7 Å². The van der Waals surface area contributed by atoms with Crippen LogP contribution in [0.15, 0.2) is 18.2 Å². The van der Waals surface area contributed by atoms with Crippen molar-refractivity contribution in [2.24, 2.45) is 0 Å². The maximum atomic E-state index is 14.5. The number of carbonyl (C=O) groups is 4. The predicted octanol–water partition coefficient (Wildman–Crippen LogP) is 8.33. The molecule has 212 valence electrons. The van der Waals surface area contributed by atoms with E-state index in [1.165, 1.54) is 25.1 Å². The molecule has 0 saturated carbocycles. The third-order valence-electron chi connectivity index (χ3n) is 7.02. The van der Waals surface area contributed by atoms with Crippen LogP contribution in [0.4, 0.5) is 23.2 Å². The Labute approximate surface area is 256 Å². The molecule has 15 heteroatoms. The molecular formula is C27H7Cl5F4N2O4. The van der Waals surface area contributed by atoms with E-state index in [0.29, 0.717) is 4.90 Å². The molecule has 0 spiro atoms. The number of carbonyl (C=O) groups excluding carboxylic acids is 4. The molecule has 6 nitrogen and oxygen atoms in total. The summed E-state index contributed by atoms with van der Waals surface area (Å²) in [6.07, 6.45) is 0. The first kappa shape index (κ1) is 28.8. The number of hydrogen-bond donors (Lipinski definition) is 0. The van der Waals surface area contributed by atoms with Crippen LogP contribution in [0.5, 0.6) is 0 Å². The molecule has 4 aromatic rings. The summed E-state index contributed by atoms with van der Waals surface area (Å²) < 4.78 is 56.9. The number of amides is 2. The SMILES string of the molecule is Cc1cc(Cl)c2nc(C3C(=O)c4c(Cl)c(Cl)c(Cl)c(Cl)c4C3=O)ccc2c1N1C(=O)c2c(F)c(F)c(F)c(F)c2C1=O. The fourth-order valence-corrected chi connectivity index (χ4v) is 6.51. The Kier molecular flexibility index (Phi) is 6.60. The highest BCUT2D eigenvalue weighted by molar-refractivity contribution is 6.56. The van der Waals surface area contributed by atoms with Crippen molar-refractivity contribution in [3.05, 3.63) is 100 Å². The van der Waals surface area contributed by atoms with Crippen LogP contribution in [0.25, 0.3) is 10.9 Å². The number of Topliss-reactive ketones (excluding diaryl/α,β-unsaturated/α-hetero) is 2. The van der Waals surface area contributed by atoms with Gasteiger partial charge in [0, 0.05) is 5.39 Å². The number of hydrogen-bond acceptors (Lipinski definition) is 5. The van der Waals surface area contributed by atoms with E-state index in [4.69, 9.17) is 58.0 Å². The quantitative estimate of drug-likeness (QED) is 0.0701. The molecule has 0 radical (unpaired) electrons. The molecule has 0 unspecified atom stereocenters. The van der Waals surface area contributed by atoms with Crippen molar-refractivity contribution in [1.29, 1.82) is 0 Å². The van der Waals surface area contributed by atoms with Crippen LogP contribution in [-0.2, 0) is 0 Å². The van der Waals surface area contributed by atoms with Crippen molar-refractivity contribution in [2.45, 2.75) is 12.8 Å². The Morgan fingerprint density at radius 2 is 1.17 bits per heavy atom. The number of anilines is 1. The minimum atomic E-state index is -2.26. The van der Waals surface area contributed by atoms with Crippen LogP contribution in [-0.4, -0.2) is 28.4 Å². The summed E-state index contributed by atoms with van der Waals surface area (Å²) in [7, 11) is 0. The number of rotatable bonds is 2. The van der Waals surface area contributed by atoms with Gasteiger partial charge < -0.3 is 0 Å². The van der Waals surface area contributed by atoms with Crippen molar-refractivity contribution in [2.75, 3.05) is 4.90 Å². The lowest BCUT2D eigenvalue weighted by molar-refractivity contribution is 0.0882. The van der Waals surface area contributed by atoms with Crippen molar-refractivity contribution in [3.63, 3.8) is 0 Å². The maximum Gasteiger partial charge on any atom is 0.269 e. The van der Waals surface area contributed by atoms with Gasteiger partial charge in [-0.3, -0.25) is 19.2 Å². The smallest absolute Gasteiger partial charge is 0.269 e. The lowest BCUT2D eigenvalue weighted by Gasteiger charge is -2.20. The van der Waals surface area contributed by atoms with Crippen molar-refractivity contribution in [3.8, 4) is 0 Å². The van der Waals surface area contributed by atoms with E-state index >= 15 is 0 Å². The number of imide groups is 1. The number of benzene rings is 3. The highest BCUT2D eigenvalue weighted by Crippen LogP contribution is 2.48. The van der Waals surface area contributed by atoms with Gasteiger partial charge in [0.15, 0.2) is 34.8 Å². The van der Waals surface area contributed by atoms with Crippen LogP contribution >= 0.6 is 58.0 Å². The highest BCUT2D eigenvalue weighted by Gasteiger charge is 2.47. The Hall–Kier alpha value is -3.28. The van der Waals surface area contributed by atoms with E-state index < -0.39 is 63.7 Å². The normalized spacial score (nSPS) is 15.0. The maximum absolute atomic E-state index is 14.5. The Bertz CT molecular complexity index is 1960. The van der Waals surface area contributed by atoms with Gasteiger partial charge in [0.2, 0.25) is 0 Å². The van der Waals surface area contributed by atoms with Crippen LogP contribution in [0.1, 0.15) is 58.6 Å². The van der Waals surface area contributed by atoms with E-state index in [2.05, 4.69) is 4.98 Å². The van der Waals surface area contributed by atoms with Gasteiger partial charge in [-0.2, -0.15) is 0 Å². The van der Waals surface area contributed by atoms with Gasteiger partial charge in [-0.1, -0.05) is 58.0 Å². The zero-order chi connectivity index (χ0) is 30.7. The number of nitrogens with zero attached hydrogens (tertiary/aromatic N) is 2. The lowest BCUT2D eigenvalue weighted by atomic mass is 9.97. The number of ketones is 2. The molecule has 0 atom stereocenters. The lowest BCUT2D eigenvalue weighted by Crippen LogP contribution is -2.30. The molecule has 2 heterocycles. The van der Waals surface area contributed by atoms with Crippen molar-refractivity contribution >= 4 is 98.0 Å². The minimum Gasteiger partial charge on any atom is -0.293 e. The number of aryl methyl sites for hydroxylation is 1. The van der Waals surface area contributed by atoms with Gasteiger partial charge in [-0.25, -0.2) is 27.4 Å². The molecule has 0 N–H and O–H groups in total. The molecule has 1 aliphatic heterocycles. The first-order valence-corrected chi connectivity index (χ1v) is 13.4. The van der Waals surface area contributed by atoms with Crippen molar-refractivity contribution in [1.82, 2.24) is 4.98 Å². The molecule has 2 amide bonds. The van der Waals surface area contributed by atoms with Crippen LogP contribution < -0.4 is 4.90 Å². The molecule has 0 fully saturated rings. The first-order chi connectivity index (χ1) is 19.7. The number of fused-ring (bicyclic) bond motifs is 3. The molecule has 3 aromatic carbocycles. The van der Waals surface area contributed by atoms with E-state index in [9.17, 15) is 36.7 Å². The van der Waals surface area contributed by atoms with Crippen LogP contribution in [0, 0.1) is 30.2 Å². The summed E-state index contributed by atoms with van der Waals surface area (Å²) in [6.45, 7) is 1.41. The summed E-state index contributed by atoms with van der Waals surface area (Å²) in [5, 5.41) is -1.11. The second-order valence-corrected chi connectivity index (χ2v) is 11.2. The highest BCUT2D eigenvalue weighted by atomic mass is 35.5. The van der Waals surface area contributed by atoms with Gasteiger partial charge >= 0.3 is 0 Å². The zero-order valence-corrected chi connectivity index (χ0v) is 24.0. The summed E-state index contributed by atoms with van der Waals surface area (Å²) in [5.74, 6) is -14.6. The minimum absolute atomic E-state index is 0.0300. The molecule has 0 saturated heterocycles. The van der Waals surface area contributed by atoms with Crippen LogP contribution in [0.3, 0.4) is 0 Å². The molecule has 1 aromatic heterocycles. The predicted molar refractivity (Wildman–Crippen MR) is 147 cm³/mol. The molecule has 42 heavy (non-hydrogen) atoms. The topological polar surface area (TPSA) is 84.4 Å². The van der Waals surface area contributed by atoms with Gasteiger partial charge in [0.1, 0.15) is 5.92 Å². The number of pyridine rings is 1. The molecule has 2 aliphatic rings. The summed E-state index contributed by atoms with van der Waals surface area (Å²) in [6, 6.07) is 3.74. The number of halogens is 9. The zero-order valence-electron chi connectivity index (χ0n) is 20.2. The molecule has 6 rings (SSSR count). The van der Waals surface area contributed by atoms with E-state index in [1.807, 2.05) is 0 Å². The van der Waals surface area contributed by atoms with E-state index in [0.717, 1.165) is 0 Å².